The number of likely N-dealkylation sites (tertiary alicyclic amines) is 1. The summed E-state index contributed by atoms with van der Waals surface area (Å²) < 4.78 is 5.68. The van der Waals surface area contributed by atoms with E-state index in [1.54, 1.807) is 0 Å². The first-order chi connectivity index (χ1) is 13.2. The van der Waals surface area contributed by atoms with Gasteiger partial charge in [0, 0.05) is 25.4 Å². The van der Waals surface area contributed by atoms with Gasteiger partial charge in [-0.05, 0) is 36.8 Å². The topological polar surface area (TPSA) is 71.1 Å². The van der Waals surface area contributed by atoms with Crippen LogP contribution in [0.1, 0.15) is 56.6 Å². The van der Waals surface area contributed by atoms with Crippen molar-refractivity contribution in [3.8, 4) is 5.75 Å². The van der Waals surface area contributed by atoms with Crippen LogP contribution in [-0.4, -0.2) is 45.7 Å². The van der Waals surface area contributed by atoms with Crippen LogP contribution in [0.3, 0.4) is 0 Å². The number of aromatic amines is 1. The maximum absolute atomic E-state index is 12.8. The summed E-state index contributed by atoms with van der Waals surface area (Å²) in [7, 11) is 0. The van der Waals surface area contributed by atoms with Crippen LogP contribution in [0.25, 0.3) is 0 Å². The second-order valence-corrected chi connectivity index (χ2v) is 7.89. The molecule has 1 aromatic carbocycles. The van der Waals surface area contributed by atoms with Gasteiger partial charge in [-0.3, -0.25) is 9.89 Å². The number of hydrogen-bond acceptors (Lipinski definition) is 4. The lowest BCUT2D eigenvalue weighted by Gasteiger charge is -2.27. The average Bonchev–Trinajstić information content (AvgIpc) is 3.42. The zero-order valence-electron chi connectivity index (χ0n) is 16.0. The van der Waals surface area contributed by atoms with Crippen LogP contribution >= 0.6 is 0 Å². The van der Waals surface area contributed by atoms with E-state index >= 15 is 0 Å². The average molecular weight is 368 g/mol. The Morgan fingerprint density at radius 3 is 2.81 bits per heavy atom. The lowest BCUT2D eigenvalue weighted by molar-refractivity contribution is -0.132. The van der Waals surface area contributed by atoms with Crippen molar-refractivity contribution in [2.24, 2.45) is 5.41 Å². The molecule has 4 rings (SSSR count). The van der Waals surface area contributed by atoms with E-state index in [9.17, 15) is 4.79 Å². The van der Waals surface area contributed by atoms with E-state index in [0.717, 1.165) is 49.6 Å². The highest BCUT2D eigenvalue weighted by molar-refractivity contribution is 5.78. The Morgan fingerprint density at radius 2 is 2.07 bits per heavy atom. The van der Waals surface area contributed by atoms with Gasteiger partial charge in [0.15, 0.2) is 12.4 Å². The first-order valence-electron chi connectivity index (χ1n) is 10.1. The maximum atomic E-state index is 12.8. The normalized spacial score (nSPS) is 21.1. The number of aromatic nitrogens is 3. The molecule has 2 aromatic rings. The second-order valence-electron chi connectivity index (χ2n) is 7.89. The predicted octanol–water partition coefficient (Wildman–Crippen LogP) is 3.32. The van der Waals surface area contributed by atoms with Crippen molar-refractivity contribution in [2.75, 3.05) is 19.7 Å². The fraction of sp³-hybridized carbons (Fsp3) is 0.571. The van der Waals surface area contributed by atoms with Gasteiger partial charge in [-0.2, -0.15) is 5.10 Å². The predicted molar refractivity (Wildman–Crippen MR) is 103 cm³/mol. The Kier molecular flexibility index (Phi) is 5.14. The molecule has 1 N–H and O–H groups in total. The molecular weight excluding hydrogens is 340 g/mol. The minimum absolute atomic E-state index is 0.0527. The minimum atomic E-state index is 0.0527. The van der Waals surface area contributed by atoms with Crippen molar-refractivity contribution in [3.63, 3.8) is 0 Å². The number of carbonyl (C=O) groups is 1. The summed E-state index contributed by atoms with van der Waals surface area (Å²) in [6.07, 6.45) is 6.72. The van der Waals surface area contributed by atoms with Crippen LogP contribution in [0.2, 0.25) is 0 Å². The van der Waals surface area contributed by atoms with E-state index in [1.165, 1.54) is 12.8 Å². The molecule has 0 bridgehead atoms. The van der Waals surface area contributed by atoms with Gasteiger partial charge in [0.25, 0.3) is 5.91 Å². The Morgan fingerprint density at radius 1 is 1.30 bits per heavy atom. The van der Waals surface area contributed by atoms with E-state index in [0.29, 0.717) is 6.54 Å². The summed E-state index contributed by atoms with van der Waals surface area (Å²) in [5.41, 5.74) is 0.133. The van der Waals surface area contributed by atoms with Crippen molar-refractivity contribution in [1.82, 2.24) is 20.1 Å². The van der Waals surface area contributed by atoms with Gasteiger partial charge in [0.1, 0.15) is 11.6 Å². The Bertz CT molecular complexity index is 767. The number of hydrogen-bond donors (Lipinski definition) is 1. The Balaban J connectivity index is 1.46. The fourth-order valence-corrected chi connectivity index (χ4v) is 4.67. The van der Waals surface area contributed by atoms with Crippen LogP contribution in [0, 0.1) is 5.41 Å². The van der Waals surface area contributed by atoms with Gasteiger partial charge in [0.2, 0.25) is 0 Å². The highest BCUT2D eigenvalue weighted by atomic mass is 16.5. The van der Waals surface area contributed by atoms with Gasteiger partial charge in [-0.25, -0.2) is 4.98 Å². The maximum Gasteiger partial charge on any atom is 0.260 e. The van der Waals surface area contributed by atoms with Gasteiger partial charge >= 0.3 is 0 Å². The molecule has 1 saturated carbocycles. The first-order valence-corrected chi connectivity index (χ1v) is 10.1. The number of carbonyl (C=O) groups excluding carboxylic acids is 1. The zero-order valence-corrected chi connectivity index (χ0v) is 16.0. The van der Waals surface area contributed by atoms with Crippen LogP contribution in [0.5, 0.6) is 5.75 Å². The largest absolute Gasteiger partial charge is 0.484 e. The minimum Gasteiger partial charge on any atom is -0.484 e. The van der Waals surface area contributed by atoms with Crippen molar-refractivity contribution in [3.05, 3.63) is 42.0 Å². The van der Waals surface area contributed by atoms with Crippen molar-refractivity contribution in [1.29, 1.82) is 0 Å². The van der Waals surface area contributed by atoms with Crippen molar-refractivity contribution in [2.45, 2.75) is 51.4 Å². The lowest BCUT2D eigenvalue weighted by atomic mass is 9.76. The molecule has 1 amide bonds. The molecule has 27 heavy (non-hydrogen) atoms. The standard InChI is InChI=1S/C21H28N4O2/c1-2-8-18-22-20(24-23-18)17-13-25(15-21(17)11-6-7-12-21)19(26)14-27-16-9-4-3-5-10-16/h3-5,9-10,17H,2,6-8,11-15H2,1H3,(H,22,23,24). The smallest absolute Gasteiger partial charge is 0.260 e. The second kappa shape index (κ2) is 7.71. The molecule has 1 aliphatic heterocycles. The molecule has 1 aliphatic carbocycles. The van der Waals surface area contributed by atoms with Crippen LogP contribution in [0.15, 0.2) is 30.3 Å². The fourth-order valence-electron chi connectivity index (χ4n) is 4.67. The first kappa shape index (κ1) is 18.0. The number of nitrogens with one attached hydrogen (secondary N) is 1. The summed E-state index contributed by atoms with van der Waals surface area (Å²) in [5, 5.41) is 7.61. The number of nitrogens with zero attached hydrogens (tertiary/aromatic N) is 3. The number of rotatable bonds is 6. The molecule has 1 aromatic heterocycles. The number of aryl methyl sites for hydroxylation is 1. The van der Waals surface area contributed by atoms with E-state index < -0.39 is 0 Å². The number of benzene rings is 1. The number of amides is 1. The third-order valence-corrected chi connectivity index (χ3v) is 6.05. The highest BCUT2D eigenvalue weighted by Gasteiger charge is 2.51. The molecule has 2 fully saturated rings. The van der Waals surface area contributed by atoms with E-state index in [4.69, 9.17) is 9.72 Å². The monoisotopic (exact) mass is 368 g/mol. The highest BCUT2D eigenvalue weighted by Crippen LogP contribution is 2.52. The molecule has 1 saturated heterocycles. The van der Waals surface area contributed by atoms with Crippen molar-refractivity contribution < 1.29 is 9.53 Å². The van der Waals surface area contributed by atoms with Gasteiger partial charge in [-0.15, -0.1) is 0 Å². The van der Waals surface area contributed by atoms with Gasteiger partial charge in [0.05, 0.1) is 0 Å². The third-order valence-electron chi connectivity index (χ3n) is 6.05. The van der Waals surface area contributed by atoms with Gasteiger partial charge < -0.3 is 9.64 Å². The van der Waals surface area contributed by atoms with Crippen LogP contribution in [0.4, 0.5) is 0 Å². The Labute approximate surface area is 160 Å². The van der Waals surface area contributed by atoms with Gasteiger partial charge in [-0.1, -0.05) is 38.0 Å². The molecule has 2 heterocycles. The molecule has 144 valence electrons. The third kappa shape index (κ3) is 3.70. The molecule has 1 unspecified atom stereocenters. The summed E-state index contributed by atoms with van der Waals surface area (Å²) in [5.74, 6) is 2.85. The molecule has 1 spiro atoms. The number of ether oxygens (including phenoxy) is 1. The van der Waals surface area contributed by atoms with E-state index in [-0.39, 0.29) is 23.8 Å². The summed E-state index contributed by atoms with van der Waals surface area (Å²) in [6.45, 7) is 3.72. The Hall–Kier alpha value is -2.37. The van der Waals surface area contributed by atoms with Crippen LogP contribution < -0.4 is 4.74 Å². The number of H-pyrrole nitrogens is 1. The number of para-hydroxylation sites is 1. The van der Waals surface area contributed by atoms with Crippen molar-refractivity contribution >= 4 is 5.91 Å². The van der Waals surface area contributed by atoms with Crippen LogP contribution in [-0.2, 0) is 11.2 Å². The zero-order chi connectivity index (χ0) is 18.7. The summed E-state index contributed by atoms with van der Waals surface area (Å²) >= 11 is 0. The summed E-state index contributed by atoms with van der Waals surface area (Å²) in [6, 6.07) is 9.52. The molecule has 6 heteroatoms. The summed E-state index contributed by atoms with van der Waals surface area (Å²) in [4.78, 5) is 19.5. The molecule has 6 nitrogen and oxygen atoms in total. The van der Waals surface area contributed by atoms with E-state index in [2.05, 4.69) is 17.1 Å². The molecular formula is C21H28N4O2. The SMILES string of the molecule is CCCc1nc(C2CN(C(=O)COc3ccccc3)CC23CCCC3)n[nH]1. The molecule has 0 radical (unpaired) electrons. The quantitative estimate of drug-likeness (QED) is 0.849. The molecule has 1 atom stereocenters. The lowest BCUT2D eigenvalue weighted by Crippen LogP contribution is -2.34. The van der Waals surface area contributed by atoms with E-state index in [1.807, 2.05) is 35.2 Å². The molecule has 2 aliphatic rings.